The fourth-order valence-corrected chi connectivity index (χ4v) is 4.40. The molecule has 0 aromatic heterocycles. The van der Waals surface area contributed by atoms with E-state index in [9.17, 15) is 22.1 Å². The van der Waals surface area contributed by atoms with Crippen molar-refractivity contribution in [3.63, 3.8) is 0 Å². The maximum Gasteiger partial charge on any atom is 0.694 e. The highest BCUT2D eigenvalue weighted by Gasteiger charge is 2.33. The molecule has 2 aromatic rings. The largest absolute Gasteiger partial charge is 0.694 e. The summed E-state index contributed by atoms with van der Waals surface area (Å²) < 4.78 is 68.4. The predicted molar refractivity (Wildman–Crippen MR) is 118 cm³/mol. The lowest BCUT2D eigenvalue weighted by atomic mass is 10.1. The SMILES string of the molecule is O=[P+](O)OCCCNCc1ccc(SCCCCCc2ccc(F)cc2)c(C(F)(F)F)c1. The van der Waals surface area contributed by atoms with Crippen LogP contribution in [-0.4, -0.2) is 23.8 Å². The molecule has 2 aromatic carbocycles. The first-order chi connectivity index (χ1) is 15.3. The van der Waals surface area contributed by atoms with Crippen molar-refractivity contribution in [2.24, 2.45) is 0 Å². The average molecular weight is 492 g/mol. The number of unbranched alkanes of at least 4 members (excludes halogenated alkanes) is 2. The maximum absolute atomic E-state index is 13.5. The van der Waals surface area contributed by atoms with Crippen molar-refractivity contribution >= 4 is 20.0 Å². The molecule has 0 saturated carbocycles. The van der Waals surface area contributed by atoms with Gasteiger partial charge >= 0.3 is 14.4 Å². The van der Waals surface area contributed by atoms with Crippen molar-refractivity contribution in [3.05, 3.63) is 65.0 Å². The van der Waals surface area contributed by atoms with E-state index < -0.39 is 20.0 Å². The Morgan fingerprint density at radius 1 is 1.00 bits per heavy atom. The summed E-state index contributed by atoms with van der Waals surface area (Å²) in [5, 5.41) is 3.01. The van der Waals surface area contributed by atoms with Crippen LogP contribution in [0.25, 0.3) is 0 Å². The quantitative estimate of drug-likeness (QED) is 0.137. The van der Waals surface area contributed by atoms with Crippen molar-refractivity contribution in [1.82, 2.24) is 5.32 Å². The lowest BCUT2D eigenvalue weighted by Gasteiger charge is -2.14. The highest BCUT2D eigenvalue weighted by Crippen LogP contribution is 2.37. The van der Waals surface area contributed by atoms with Gasteiger partial charge < -0.3 is 5.32 Å². The smallest absolute Gasteiger partial charge is 0.313 e. The first-order valence-electron chi connectivity index (χ1n) is 10.3. The molecule has 0 heterocycles. The number of aryl methyl sites for hydroxylation is 1. The Labute approximate surface area is 190 Å². The second kappa shape index (κ2) is 13.9. The van der Waals surface area contributed by atoms with Gasteiger partial charge in [-0.05, 0) is 73.4 Å². The summed E-state index contributed by atoms with van der Waals surface area (Å²) in [5.41, 5.74) is 0.947. The zero-order valence-electron chi connectivity index (χ0n) is 17.5. The van der Waals surface area contributed by atoms with Gasteiger partial charge in [0.05, 0.1) is 5.56 Å². The summed E-state index contributed by atoms with van der Waals surface area (Å²) in [7, 11) is -2.62. The van der Waals surface area contributed by atoms with Crippen molar-refractivity contribution in [2.75, 3.05) is 18.9 Å². The van der Waals surface area contributed by atoms with Crippen LogP contribution < -0.4 is 5.32 Å². The van der Waals surface area contributed by atoms with Gasteiger partial charge in [-0.25, -0.2) is 4.39 Å². The van der Waals surface area contributed by atoms with Gasteiger partial charge in [0.15, 0.2) is 0 Å². The number of halogens is 4. The molecular formula is C22H27F4NO3PS+. The third-order valence-corrected chi connectivity index (χ3v) is 6.22. The Morgan fingerprint density at radius 3 is 2.41 bits per heavy atom. The van der Waals surface area contributed by atoms with Crippen molar-refractivity contribution in [1.29, 1.82) is 0 Å². The molecule has 1 atom stereocenters. The third kappa shape index (κ3) is 10.4. The summed E-state index contributed by atoms with van der Waals surface area (Å²) in [5.74, 6) is 0.330. The molecule has 0 spiro atoms. The second-order valence-corrected chi connectivity index (χ2v) is 9.09. The topological polar surface area (TPSA) is 58.6 Å². The molecule has 4 nitrogen and oxygen atoms in total. The highest BCUT2D eigenvalue weighted by atomic mass is 32.2. The average Bonchev–Trinajstić information content (AvgIpc) is 2.74. The van der Waals surface area contributed by atoms with Crippen molar-refractivity contribution < 1.29 is 31.5 Å². The minimum atomic E-state index is -4.43. The van der Waals surface area contributed by atoms with Crippen LogP contribution in [0.15, 0.2) is 47.4 Å². The van der Waals surface area contributed by atoms with E-state index in [4.69, 9.17) is 4.89 Å². The lowest BCUT2D eigenvalue weighted by Crippen LogP contribution is -2.17. The Kier molecular flexibility index (Phi) is 11.6. The molecule has 176 valence electrons. The summed E-state index contributed by atoms with van der Waals surface area (Å²) >= 11 is 1.21. The molecule has 0 saturated heterocycles. The minimum Gasteiger partial charge on any atom is -0.313 e. The van der Waals surface area contributed by atoms with E-state index in [-0.39, 0.29) is 23.9 Å². The van der Waals surface area contributed by atoms with Crippen LogP contribution in [0.4, 0.5) is 17.6 Å². The van der Waals surface area contributed by atoms with Crippen molar-refractivity contribution in [3.8, 4) is 0 Å². The summed E-state index contributed by atoms with van der Waals surface area (Å²) in [6.07, 6.45) is -0.534. The van der Waals surface area contributed by atoms with Crippen molar-refractivity contribution in [2.45, 2.75) is 49.7 Å². The monoisotopic (exact) mass is 492 g/mol. The van der Waals surface area contributed by atoms with E-state index in [2.05, 4.69) is 9.84 Å². The van der Waals surface area contributed by atoms with E-state index in [1.165, 1.54) is 36.0 Å². The molecule has 0 bridgehead atoms. The molecule has 0 amide bonds. The fraction of sp³-hybridized carbons (Fsp3) is 0.455. The van der Waals surface area contributed by atoms with Gasteiger partial charge in [0, 0.05) is 16.0 Å². The van der Waals surface area contributed by atoms with Gasteiger partial charge in [0.2, 0.25) is 0 Å². The summed E-state index contributed by atoms with van der Waals surface area (Å²) in [4.78, 5) is 8.75. The van der Waals surface area contributed by atoms with Crippen LogP contribution >= 0.6 is 20.0 Å². The van der Waals surface area contributed by atoms with Gasteiger partial charge in [0.25, 0.3) is 0 Å². The number of benzene rings is 2. The molecule has 32 heavy (non-hydrogen) atoms. The number of thioether (sulfide) groups is 1. The molecule has 1 unspecified atom stereocenters. The van der Waals surface area contributed by atoms with Gasteiger partial charge in [-0.15, -0.1) is 21.2 Å². The van der Waals surface area contributed by atoms with Crippen LogP contribution in [0, 0.1) is 5.82 Å². The molecule has 0 aliphatic rings. The molecule has 0 aliphatic heterocycles. The molecule has 2 rings (SSSR count). The predicted octanol–water partition coefficient (Wildman–Crippen LogP) is 6.50. The fourth-order valence-electron chi connectivity index (χ4n) is 3.05. The third-order valence-electron chi connectivity index (χ3n) is 4.66. The van der Waals surface area contributed by atoms with E-state index >= 15 is 0 Å². The Morgan fingerprint density at radius 2 is 1.72 bits per heavy atom. The van der Waals surface area contributed by atoms with E-state index in [1.807, 2.05) is 0 Å². The van der Waals surface area contributed by atoms with Crippen LogP contribution in [0.1, 0.15) is 42.4 Å². The first kappa shape index (κ1) is 26.7. The number of alkyl halides is 3. The van der Waals surface area contributed by atoms with Crippen LogP contribution in [0.3, 0.4) is 0 Å². The molecule has 0 fully saturated rings. The minimum absolute atomic E-state index is 0.103. The first-order valence-corrected chi connectivity index (χ1v) is 12.4. The highest BCUT2D eigenvalue weighted by molar-refractivity contribution is 7.99. The van der Waals surface area contributed by atoms with E-state index in [1.54, 1.807) is 18.2 Å². The summed E-state index contributed by atoms with van der Waals surface area (Å²) in [6, 6.07) is 10.7. The number of rotatable bonds is 14. The Bertz CT molecular complexity index is 850. The molecule has 0 aliphatic carbocycles. The number of hydrogen-bond acceptors (Lipinski definition) is 4. The molecule has 10 heteroatoms. The standard InChI is InChI=1S/C22H26F4NO3PS/c23-19-9-6-17(7-10-19)5-2-1-3-14-32-21-11-8-18(15-20(21)22(24,25)26)16-27-12-4-13-30-31(28)29/h6-11,15,27H,1-5,12-14,16H2/p+1. The normalized spacial score (nSPS) is 12.2. The maximum atomic E-state index is 13.5. The van der Waals surface area contributed by atoms with Gasteiger partial charge in [-0.3, -0.25) is 0 Å². The van der Waals surface area contributed by atoms with Gasteiger partial charge in [-0.2, -0.15) is 13.2 Å². The molecule has 2 N–H and O–H groups in total. The second-order valence-electron chi connectivity index (χ2n) is 7.22. The van der Waals surface area contributed by atoms with E-state index in [0.717, 1.165) is 31.2 Å². The number of nitrogens with one attached hydrogen (secondary N) is 1. The van der Waals surface area contributed by atoms with Crippen LogP contribution in [0.5, 0.6) is 0 Å². The zero-order valence-corrected chi connectivity index (χ0v) is 19.2. The molecular weight excluding hydrogens is 465 g/mol. The van der Waals surface area contributed by atoms with Crippen LogP contribution in [0.2, 0.25) is 0 Å². The lowest BCUT2D eigenvalue weighted by molar-refractivity contribution is -0.139. The molecule has 0 radical (unpaired) electrons. The Hall–Kier alpha value is -1.51. The zero-order chi connectivity index (χ0) is 23.4. The van der Waals surface area contributed by atoms with E-state index in [0.29, 0.717) is 24.3 Å². The van der Waals surface area contributed by atoms with Gasteiger partial charge in [0.1, 0.15) is 12.4 Å². The van der Waals surface area contributed by atoms with Crippen LogP contribution in [-0.2, 0) is 28.2 Å². The number of hydrogen-bond donors (Lipinski definition) is 2. The van der Waals surface area contributed by atoms with Gasteiger partial charge in [-0.1, -0.05) is 24.6 Å². The summed E-state index contributed by atoms with van der Waals surface area (Å²) in [6.45, 7) is 0.827. The Balaban J connectivity index is 1.76.